The van der Waals surface area contributed by atoms with Gasteiger partial charge >= 0.3 is 12.3 Å². The van der Waals surface area contributed by atoms with Crippen molar-refractivity contribution in [2.45, 2.75) is 76.4 Å². The van der Waals surface area contributed by atoms with Crippen LogP contribution in [0.25, 0.3) is 0 Å². The van der Waals surface area contributed by atoms with Crippen molar-refractivity contribution in [1.29, 1.82) is 0 Å². The van der Waals surface area contributed by atoms with E-state index in [0.29, 0.717) is 12.8 Å². The smallest absolute Gasteiger partial charge is 0.418 e. The molecule has 1 amide bonds. The molecule has 2 bridgehead atoms. The Kier molecular flexibility index (Phi) is 5.22. The van der Waals surface area contributed by atoms with Crippen molar-refractivity contribution in [2.75, 3.05) is 0 Å². The van der Waals surface area contributed by atoms with Gasteiger partial charge in [-0.3, -0.25) is 0 Å². The van der Waals surface area contributed by atoms with Crippen LogP contribution in [-0.2, 0) is 10.9 Å². The number of carbonyl (C=O) groups is 1. The molecule has 0 saturated carbocycles. The third-order valence-electron chi connectivity index (χ3n) is 4.72. The fraction of sp³-hybridized carbons (Fsp3) is 0.667. The first-order chi connectivity index (χ1) is 12.4. The van der Waals surface area contributed by atoms with Crippen LogP contribution in [-0.4, -0.2) is 39.8 Å². The van der Waals surface area contributed by atoms with E-state index in [1.165, 1.54) is 0 Å². The third kappa shape index (κ3) is 4.59. The highest BCUT2D eigenvalue weighted by molar-refractivity contribution is 6.31. The van der Waals surface area contributed by atoms with E-state index < -0.39 is 22.4 Å². The van der Waals surface area contributed by atoms with Gasteiger partial charge in [0, 0.05) is 31.0 Å². The molecule has 1 aromatic heterocycles. The van der Waals surface area contributed by atoms with E-state index in [1.807, 2.05) is 20.8 Å². The lowest BCUT2D eigenvalue weighted by Crippen LogP contribution is -2.50. The summed E-state index contributed by atoms with van der Waals surface area (Å²) in [7, 11) is 0. The Balaban J connectivity index is 1.68. The number of ether oxygens (including phenoxy) is 2. The Morgan fingerprint density at radius 2 is 1.81 bits per heavy atom. The van der Waals surface area contributed by atoms with Crippen LogP contribution < -0.4 is 4.74 Å². The van der Waals surface area contributed by atoms with Crippen LogP contribution in [0.1, 0.15) is 52.0 Å². The number of piperidine rings is 1. The summed E-state index contributed by atoms with van der Waals surface area (Å²) in [6.45, 7) is 5.44. The van der Waals surface area contributed by atoms with Crippen LogP contribution >= 0.6 is 11.6 Å². The average molecular weight is 407 g/mol. The molecule has 2 aliphatic rings. The normalized spacial score (nSPS) is 25.4. The number of carbonyl (C=O) groups excluding carboxylic acids is 1. The number of pyridine rings is 1. The number of aromatic nitrogens is 1. The standard InChI is InChI=1S/C18H22ClF3N2O3/c1-17(2,3)27-16(25)24-10-4-5-11(24)7-12(6-10)26-15-8-13(18(20,21)22)14(19)9-23-15/h8-12H,4-7H2,1-3H3/t10-,11+,12+. The van der Waals surface area contributed by atoms with Gasteiger partial charge in [0.05, 0.1) is 16.8 Å². The van der Waals surface area contributed by atoms with Crippen LogP contribution in [0.15, 0.2) is 12.3 Å². The van der Waals surface area contributed by atoms with Gasteiger partial charge in [0.1, 0.15) is 11.7 Å². The lowest BCUT2D eigenvalue weighted by Gasteiger charge is -2.39. The minimum Gasteiger partial charge on any atom is -0.474 e. The molecule has 2 fully saturated rings. The number of halogens is 4. The fourth-order valence-corrected chi connectivity index (χ4v) is 3.92. The minimum atomic E-state index is -4.57. The zero-order valence-electron chi connectivity index (χ0n) is 15.3. The van der Waals surface area contributed by atoms with E-state index in [-0.39, 0.29) is 30.2 Å². The predicted octanol–water partition coefficient (Wildman–Crippen LogP) is 5.06. The first-order valence-corrected chi connectivity index (χ1v) is 9.22. The van der Waals surface area contributed by atoms with Gasteiger partial charge in [-0.05, 0) is 33.6 Å². The summed E-state index contributed by atoms with van der Waals surface area (Å²) in [5, 5.41) is -0.463. The molecule has 0 N–H and O–H groups in total. The fourth-order valence-electron chi connectivity index (χ4n) is 3.71. The van der Waals surface area contributed by atoms with E-state index in [1.54, 1.807) is 4.90 Å². The summed E-state index contributed by atoms with van der Waals surface area (Å²) in [4.78, 5) is 18.1. The van der Waals surface area contributed by atoms with Gasteiger partial charge in [0.15, 0.2) is 0 Å². The van der Waals surface area contributed by atoms with Crippen molar-refractivity contribution in [3.63, 3.8) is 0 Å². The molecule has 1 aromatic rings. The van der Waals surface area contributed by atoms with Gasteiger partial charge in [-0.1, -0.05) is 11.6 Å². The number of fused-ring (bicyclic) bond motifs is 2. The average Bonchev–Trinajstić information content (AvgIpc) is 2.78. The molecular formula is C18H22ClF3N2O3. The molecule has 0 aromatic carbocycles. The number of nitrogens with zero attached hydrogens (tertiary/aromatic N) is 2. The van der Waals surface area contributed by atoms with E-state index in [2.05, 4.69) is 4.98 Å². The van der Waals surface area contributed by atoms with Crippen LogP contribution in [0, 0.1) is 0 Å². The molecule has 2 aliphatic heterocycles. The van der Waals surface area contributed by atoms with Gasteiger partial charge in [-0.2, -0.15) is 13.2 Å². The predicted molar refractivity (Wildman–Crippen MR) is 92.8 cm³/mol. The Morgan fingerprint density at radius 3 is 2.33 bits per heavy atom. The van der Waals surface area contributed by atoms with Crippen molar-refractivity contribution in [3.8, 4) is 5.88 Å². The lowest BCUT2D eigenvalue weighted by molar-refractivity contribution is -0.137. The highest BCUT2D eigenvalue weighted by atomic mass is 35.5. The Morgan fingerprint density at radius 1 is 1.22 bits per heavy atom. The third-order valence-corrected chi connectivity index (χ3v) is 5.02. The first kappa shape index (κ1) is 20.0. The van der Waals surface area contributed by atoms with E-state index >= 15 is 0 Å². The number of alkyl halides is 3. The van der Waals surface area contributed by atoms with Crippen LogP contribution in [0.4, 0.5) is 18.0 Å². The summed E-state index contributed by atoms with van der Waals surface area (Å²) < 4.78 is 50.2. The van der Waals surface area contributed by atoms with Gasteiger partial charge in [-0.15, -0.1) is 0 Å². The van der Waals surface area contributed by atoms with Crippen molar-refractivity contribution in [1.82, 2.24) is 9.88 Å². The second-order valence-electron chi connectivity index (χ2n) is 7.98. The topological polar surface area (TPSA) is 51.7 Å². The molecule has 150 valence electrons. The molecule has 5 nitrogen and oxygen atoms in total. The van der Waals surface area contributed by atoms with Crippen LogP contribution in [0.2, 0.25) is 5.02 Å². The van der Waals surface area contributed by atoms with Crippen molar-refractivity contribution < 1.29 is 27.4 Å². The van der Waals surface area contributed by atoms with Crippen molar-refractivity contribution in [3.05, 3.63) is 22.8 Å². The minimum absolute atomic E-state index is 0.0435. The monoisotopic (exact) mass is 406 g/mol. The SMILES string of the molecule is CC(C)(C)OC(=O)N1[C@@H]2CC[C@H]1C[C@@H](Oc1cc(C(F)(F)F)c(Cl)cn1)C2. The molecule has 27 heavy (non-hydrogen) atoms. The largest absolute Gasteiger partial charge is 0.474 e. The summed E-state index contributed by atoms with van der Waals surface area (Å²) in [6, 6.07) is 0.737. The maximum absolute atomic E-state index is 13.0. The molecule has 0 spiro atoms. The molecular weight excluding hydrogens is 385 g/mol. The number of rotatable bonds is 2. The maximum atomic E-state index is 13.0. The lowest BCUT2D eigenvalue weighted by atomic mass is 10.0. The summed E-state index contributed by atoms with van der Waals surface area (Å²) in [6.07, 6.45) is -1.57. The zero-order valence-corrected chi connectivity index (χ0v) is 16.1. The molecule has 3 atom stereocenters. The second kappa shape index (κ2) is 7.04. The number of amides is 1. The molecule has 9 heteroatoms. The number of hydrogen-bond donors (Lipinski definition) is 0. The summed E-state index contributed by atoms with van der Waals surface area (Å²) in [5.41, 5.74) is -1.55. The maximum Gasteiger partial charge on any atom is 0.418 e. The number of hydrogen-bond acceptors (Lipinski definition) is 4. The molecule has 0 aliphatic carbocycles. The second-order valence-corrected chi connectivity index (χ2v) is 8.39. The Bertz CT molecular complexity index is 707. The van der Waals surface area contributed by atoms with Crippen LogP contribution in [0.5, 0.6) is 5.88 Å². The molecule has 0 unspecified atom stereocenters. The van der Waals surface area contributed by atoms with Crippen LogP contribution in [0.3, 0.4) is 0 Å². The van der Waals surface area contributed by atoms with Gasteiger partial charge in [0.25, 0.3) is 0 Å². The van der Waals surface area contributed by atoms with Crippen molar-refractivity contribution in [2.24, 2.45) is 0 Å². The Labute approximate surface area is 160 Å². The van der Waals surface area contributed by atoms with E-state index in [9.17, 15) is 18.0 Å². The molecule has 0 radical (unpaired) electrons. The van der Waals surface area contributed by atoms with Gasteiger partial charge in [0.2, 0.25) is 5.88 Å². The van der Waals surface area contributed by atoms with E-state index in [0.717, 1.165) is 25.1 Å². The van der Waals surface area contributed by atoms with Gasteiger partial charge in [-0.25, -0.2) is 9.78 Å². The molecule has 2 saturated heterocycles. The van der Waals surface area contributed by atoms with Gasteiger partial charge < -0.3 is 14.4 Å². The molecule has 3 heterocycles. The summed E-state index contributed by atoms with van der Waals surface area (Å²) in [5.74, 6) is -0.109. The molecule has 3 rings (SSSR count). The van der Waals surface area contributed by atoms with E-state index in [4.69, 9.17) is 21.1 Å². The summed E-state index contributed by atoms with van der Waals surface area (Å²) >= 11 is 5.59. The highest BCUT2D eigenvalue weighted by Crippen LogP contribution is 2.39. The highest BCUT2D eigenvalue weighted by Gasteiger charge is 2.45. The zero-order chi connectivity index (χ0) is 20.0. The Hall–Kier alpha value is -1.70. The first-order valence-electron chi connectivity index (χ1n) is 8.85. The van der Waals surface area contributed by atoms with Crippen molar-refractivity contribution >= 4 is 17.7 Å². The quantitative estimate of drug-likeness (QED) is 0.688.